The zero-order chi connectivity index (χ0) is 11.4. The fourth-order valence-corrected chi connectivity index (χ4v) is 1.67. The maximum atomic E-state index is 10.9. The summed E-state index contributed by atoms with van der Waals surface area (Å²) >= 11 is -1.89. The van der Waals surface area contributed by atoms with Crippen molar-refractivity contribution in [2.45, 2.75) is 18.6 Å². The monoisotopic (exact) mass is 226 g/mol. The summed E-state index contributed by atoms with van der Waals surface area (Å²) in [4.78, 5) is 0. The second kappa shape index (κ2) is 5.09. The normalized spacial score (nSPS) is 14.5. The predicted molar refractivity (Wildman–Crippen MR) is 61.2 cm³/mol. The standard InChI is InChI=1S/C11H14O3S/c1-3-4-10-7-9(5-6-11(10)12)8(2)15(13)14/h3,5-8,12H,1,4H2,2H3,(H,13,14). The van der Waals surface area contributed by atoms with Gasteiger partial charge < -0.3 is 9.66 Å². The Hall–Kier alpha value is -1.13. The Kier molecular flexibility index (Phi) is 4.05. The van der Waals surface area contributed by atoms with Crippen molar-refractivity contribution in [3.63, 3.8) is 0 Å². The van der Waals surface area contributed by atoms with Crippen LogP contribution in [0.3, 0.4) is 0 Å². The number of benzene rings is 1. The lowest BCUT2D eigenvalue weighted by Crippen LogP contribution is -2.01. The van der Waals surface area contributed by atoms with Crippen LogP contribution in [0.1, 0.15) is 23.3 Å². The third-order valence-electron chi connectivity index (χ3n) is 2.24. The first-order valence-corrected chi connectivity index (χ1v) is 5.75. The van der Waals surface area contributed by atoms with Gasteiger partial charge >= 0.3 is 0 Å². The van der Waals surface area contributed by atoms with Gasteiger partial charge in [-0.1, -0.05) is 18.2 Å². The molecule has 0 saturated heterocycles. The Bertz CT molecular complexity index is 387. The van der Waals surface area contributed by atoms with Crippen LogP contribution in [0.4, 0.5) is 0 Å². The molecule has 0 bridgehead atoms. The maximum absolute atomic E-state index is 10.9. The van der Waals surface area contributed by atoms with Crippen molar-refractivity contribution in [2.24, 2.45) is 0 Å². The summed E-state index contributed by atoms with van der Waals surface area (Å²) in [6.45, 7) is 5.25. The van der Waals surface area contributed by atoms with Crippen molar-refractivity contribution in [1.82, 2.24) is 0 Å². The van der Waals surface area contributed by atoms with Crippen molar-refractivity contribution in [3.8, 4) is 5.75 Å². The molecular weight excluding hydrogens is 212 g/mol. The van der Waals surface area contributed by atoms with Crippen LogP contribution >= 0.6 is 0 Å². The topological polar surface area (TPSA) is 57.5 Å². The summed E-state index contributed by atoms with van der Waals surface area (Å²) in [7, 11) is 0. The molecule has 1 aromatic rings. The van der Waals surface area contributed by atoms with Gasteiger partial charge in [-0.15, -0.1) is 6.58 Å². The molecule has 0 aliphatic rings. The van der Waals surface area contributed by atoms with Gasteiger partial charge in [0.05, 0.1) is 5.25 Å². The molecule has 2 N–H and O–H groups in total. The minimum Gasteiger partial charge on any atom is -0.508 e. The zero-order valence-corrected chi connectivity index (χ0v) is 9.33. The largest absolute Gasteiger partial charge is 0.508 e. The molecule has 0 fully saturated rings. The first-order chi connectivity index (χ1) is 7.06. The van der Waals surface area contributed by atoms with Crippen molar-refractivity contribution >= 4 is 11.1 Å². The number of phenols is 1. The average molecular weight is 226 g/mol. The van der Waals surface area contributed by atoms with Gasteiger partial charge in [-0.25, -0.2) is 4.21 Å². The van der Waals surface area contributed by atoms with E-state index in [-0.39, 0.29) is 5.75 Å². The molecule has 1 rings (SSSR count). The average Bonchev–Trinajstić information content (AvgIpc) is 2.20. The van der Waals surface area contributed by atoms with Crippen molar-refractivity contribution < 1.29 is 13.9 Å². The van der Waals surface area contributed by atoms with Gasteiger partial charge in [0.25, 0.3) is 0 Å². The summed E-state index contributed by atoms with van der Waals surface area (Å²) < 4.78 is 19.8. The van der Waals surface area contributed by atoms with Crippen LogP contribution in [0, 0.1) is 0 Å². The highest BCUT2D eigenvalue weighted by atomic mass is 32.2. The lowest BCUT2D eigenvalue weighted by Gasteiger charge is -2.10. The van der Waals surface area contributed by atoms with E-state index in [9.17, 15) is 9.32 Å². The van der Waals surface area contributed by atoms with E-state index in [1.54, 1.807) is 25.1 Å². The fourth-order valence-electron chi connectivity index (χ4n) is 1.29. The first-order valence-electron chi connectivity index (χ1n) is 4.58. The van der Waals surface area contributed by atoms with Crippen molar-refractivity contribution in [3.05, 3.63) is 42.0 Å². The molecule has 4 heteroatoms. The summed E-state index contributed by atoms with van der Waals surface area (Å²) in [5.41, 5.74) is 1.46. The molecule has 82 valence electrons. The summed E-state index contributed by atoms with van der Waals surface area (Å²) in [5.74, 6) is 0.189. The van der Waals surface area contributed by atoms with Gasteiger partial charge in [0.2, 0.25) is 0 Å². The molecule has 0 saturated carbocycles. The van der Waals surface area contributed by atoms with E-state index in [2.05, 4.69) is 6.58 Å². The molecule has 0 heterocycles. The first kappa shape index (κ1) is 11.9. The molecule has 15 heavy (non-hydrogen) atoms. The number of allylic oxidation sites excluding steroid dienone is 1. The molecular formula is C11H14O3S. The highest BCUT2D eigenvalue weighted by Gasteiger charge is 2.12. The molecule has 0 amide bonds. The molecule has 0 radical (unpaired) electrons. The van der Waals surface area contributed by atoms with E-state index >= 15 is 0 Å². The highest BCUT2D eigenvalue weighted by Crippen LogP contribution is 2.25. The molecule has 0 spiro atoms. The number of hydrogen-bond acceptors (Lipinski definition) is 2. The lowest BCUT2D eigenvalue weighted by atomic mass is 10.1. The van der Waals surface area contributed by atoms with Crippen LogP contribution < -0.4 is 0 Å². The van der Waals surface area contributed by atoms with Gasteiger partial charge in [0.1, 0.15) is 5.75 Å². The molecule has 1 aromatic carbocycles. The highest BCUT2D eigenvalue weighted by molar-refractivity contribution is 7.79. The number of phenolic OH excluding ortho intramolecular Hbond substituents is 1. The maximum Gasteiger partial charge on any atom is 0.160 e. The minimum absolute atomic E-state index is 0.189. The SMILES string of the molecule is C=CCc1cc(C(C)S(=O)O)ccc1O. The molecule has 0 aromatic heterocycles. The van der Waals surface area contributed by atoms with E-state index in [4.69, 9.17) is 4.55 Å². The second-order valence-corrected chi connectivity index (χ2v) is 4.56. The lowest BCUT2D eigenvalue weighted by molar-refractivity contribution is 0.469. The summed E-state index contributed by atoms with van der Waals surface area (Å²) in [6.07, 6.45) is 2.23. The number of hydrogen-bond donors (Lipinski definition) is 2. The van der Waals surface area contributed by atoms with Gasteiger partial charge in [0.15, 0.2) is 11.1 Å². The molecule has 0 aliphatic heterocycles. The Labute approximate surface area is 91.7 Å². The third-order valence-corrected chi connectivity index (χ3v) is 3.12. The van der Waals surface area contributed by atoms with Crippen LogP contribution in [0.5, 0.6) is 5.75 Å². The van der Waals surface area contributed by atoms with E-state index in [0.29, 0.717) is 6.42 Å². The van der Waals surface area contributed by atoms with E-state index in [1.807, 2.05) is 0 Å². The molecule has 0 aliphatic carbocycles. The Morgan fingerprint density at radius 1 is 1.60 bits per heavy atom. The molecule has 3 nitrogen and oxygen atoms in total. The second-order valence-electron chi connectivity index (χ2n) is 3.30. The quantitative estimate of drug-likeness (QED) is 0.612. The molecule has 2 atom stereocenters. The van der Waals surface area contributed by atoms with Crippen LogP contribution in [0.15, 0.2) is 30.9 Å². The van der Waals surface area contributed by atoms with Gasteiger partial charge in [-0.3, -0.25) is 0 Å². The van der Waals surface area contributed by atoms with E-state index in [1.165, 1.54) is 6.07 Å². The zero-order valence-electron chi connectivity index (χ0n) is 8.51. The van der Waals surface area contributed by atoms with Gasteiger partial charge in [-0.2, -0.15) is 0 Å². The minimum atomic E-state index is -1.89. The Morgan fingerprint density at radius 3 is 2.80 bits per heavy atom. The summed E-state index contributed by atoms with van der Waals surface area (Å²) in [5, 5.41) is 9.05. The van der Waals surface area contributed by atoms with Crippen LogP contribution in [0.2, 0.25) is 0 Å². The van der Waals surface area contributed by atoms with Crippen LogP contribution in [-0.2, 0) is 17.5 Å². The molecule has 2 unspecified atom stereocenters. The predicted octanol–water partition coefficient (Wildman–Crippen LogP) is 2.40. The van der Waals surface area contributed by atoms with Crippen LogP contribution in [0.25, 0.3) is 0 Å². The Morgan fingerprint density at radius 2 is 2.27 bits per heavy atom. The fraction of sp³-hybridized carbons (Fsp3) is 0.273. The van der Waals surface area contributed by atoms with Crippen molar-refractivity contribution in [2.75, 3.05) is 0 Å². The van der Waals surface area contributed by atoms with E-state index in [0.717, 1.165) is 11.1 Å². The smallest absolute Gasteiger partial charge is 0.160 e. The van der Waals surface area contributed by atoms with E-state index < -0.39 is 16.3 Å². The van der Waals surface area contributed by atoms with Gasteiger partial charge in [0, 0.05) is 0 Å². The third kappa shape index (κ3) is 2.91. The van der Waals surface area contributed by atoms with Gasteiger partial charge in [-0.05, 0) is 30.5 Å². The number of aromatic hydroxyl groups is 1. The Balaban J connectivity index is 3.06. The van der Waals surface area contributed by atoms with Crippen molar-refractivity contribution in [1.29, 1.82) is 0 Å². The summed E-state index contributed by atoms with van der Waals surface area (Å²) in [6, 6.07) is 4.92. The number of rotatable bonds is 4. The van der Waals surface area contributed by atoms with Crippen LogP contribution in [-0.4, -0.2) is 13.9 Å².